The fraction of sp³-hybridized carbons (Fsp3) is 0.100. The zero-order valence-electron chi connectivity index (χ0n) is 12.6. The Bertz CT molecular complexity index is 805. The van der Waals surface area contributed by atoms with Crippen LogP contribution in [0.3, 0.4) is 0 Å². The molecule has 0 aliphatic carbocycles. The average molecular weight is 292 g/mol. The van der Waals surface area contributed by atoms with Crippen LogP contribution in [0.5, 0.6) is 5.75 Å². The number of rotatable bonds is 2. The third-order valence-electron chi connectivity index (χ3n) is 3.95. The second kappa shape index (κ2) is 5.64. The molecule has 0 fully saturated rings. The summed E-state index contributed by atoms with van der Waals surface area (Å²) < 4.78 is 13.2. The van der Waals surface area contributed by atoms with Gasteiger partial charge in [-0.2, -0.15) is 0 Å². The summed E-state index contributed by atoms with van der Waals surface area (Å²) >= 11 is 0. The highest BCUT2D eigenvalue weighted by atomic mass is 19.1. The van der Waals surface area contributed by atoms with Crippen LogP contribution >= 0.6 is 0 Å². The highest BCUT2D eigenvalue weighted by Gasteiger charge is 2.15. The van der Waals surface area contributed by atoms with Crippen molar-refractivity contribution in [3.8, 4) is 28.0 Å². The number of halogens is 1. The lowest BCUT2D eigenvalue weighted by molar-refractivity contribution is 0.467. The Morgan fingerprint density at radius 1 is 0.818 bits per heavy atom. The number of hydrogen-bond acceptors (Lipinski definition) is 1. The molecule has 2 heteroatoms. The Morgan fingerprint density at radius 3 is 2.09 bits per heavy atom. The number of phenols is 1. The minimum absolute atomic E-state index is 0.265. The summed E-state index contributed by atoms with van der Waals surface area (Å²) in [6.45, 7) is 3.79. The van der Waals surface area contributed by atoms with Crippen molar-refractivity contribution in [1.29, 1.82) is 0 Å². The number of aryl methyl sites for hydroxylation is 1. The van der Waals surface area contributed by atoms with Crippen LogP contribution < -0.4 is 0 Å². The molecular weight excluding hydrogens is 275 g/mol. The van der Waals surface area contributed by atoms with E-state index in [1.807, 2.05) is 50.2 Å². The molecule has 0 saturated heterocycles. The van der Waals surface area contributed by atoms with Crippen molar-refractivity contribution in [2.24, 2.45) is 0 Å². The lowest BCUT2D eigenvalue weighted by atomic mass is 9.88. The topological polar surface area (TPSA) is 20.2 Å². The van der Waals surface area contributed by atoms with E-state index in [0.717, 1.165) is 33.4 Å². The predicted molar refractivity (Wildman–Crippen MR) is 88.4 cm³/mol. The summed E-state index contributed by atoms with van der Waals surface area (Å²) in [5.74, 6) is 0.0259. The largest absolute Gasteiger partial charge is 0.507 e. The monoisotopic (exact) mass is 292 g/mol. The van der Waals surface area contributed by atoms with E-state index in [1.54, 1.807) is 12.1 Å². The minimum atomic E-state index is -0.265. The van der Waals surface area contributed by atoms with Gasteiger partial charge >= 0.3 is 0 Å². The molecule has 0 radical (unpaired) electrons. The van der Waals surface area contributed by atoms with Crippen molar-refractivity contribution in [1.82, 2.24) is 0 Å². The predicted octanol–water partition coefficient (Wildman–Crippen LogP) is 5.48. The molecule has 0 amide bonds. The number of benzene rings is 3. The Kier molecular flexibility index (Phi) is 3.68. The van der Waals surface area contributed by atoms with Crippen LogP contribution in [0.2, 0.25) is 0 Å². The first-order valence-electron chi connectivity index (χ1n) is 7.22. The van der Waals surface area contributed by atoms with Gasteiger partial charge in [0.15, 0.2) is 0 Å². The van der Waals surface area contributed by atoms with Gasteiger partial charge in [-0.15, -0.1) is 0 Å². The van der Waals surface area contributed by atoms with E-state index in [4.69, 9.17) is 0 Å². The number of aromatic hydroxyl groups is 1. The third kappa shape index (κ3) is 2.48. The standard InChI is InChI=1S/C20H17FO/c1-13-12-18(15-6-4-3-5-7-15)19(14(2)20(13)22)16-8-10-17(21)11-9-16/h3-12,22H,1-2H3. The van der Waals surface area contributed by atoms with Crippen molar-refractivity contribution in [3.05, 3.63) is 77.6 Å². The van der Waals surface area contributed by atoms with E-state index in [-0.39, 0.29) is 5.82 Å². The Balaban J connectivity index is 2.32. The quantitative estimate of drug-likeness (QED) is 0.663. The number of phenolic OH excluding ortho intramolecular Hbond substituents is 1. The first-order chi connectivity index (χ1) is 10.6. The molecule has 1 N–H and O–H groups in total. The van der Waals surface area contributed by atoms with Crippen LogP contribution in [-0.2, 0) is 0 Å². The van der Waals surface area contributed by atoms with Crippen LogP contribution in [0.25, 0.3) is 22.3 Å². The molecule has 3 aromatic rings. The van der Waals surface area contributed by atoms with Gasteiger partial charge in [-0.1, -0.05) is 42.5 Å². The van der Waals surface area contributed by atoms with E-state index in [1.165, 1.54) is 12.1 Å². The summed E-state index contributed by atoms with van der Waals surface area (Å²) in [4.78, 5) is 0. The normalized spacial score (nSPS) is 10.7. The molecule has 0 atom stereocenters. The molecule has 3 aromatic carbocycles. The first kappa shape index (κ1) is 14.3. The maximum absolute atomic E-state index is 13.2. The van der Waals surface area contributed by atoms with Crippen molar-refractivity contribution in [2.75, 3.05) is 0 Å². The average Bonchev–Trinajstić information content (AvgIpc) is 2.54. The van der Waals surface area contributed by atoms with Crippen LogP contribution in [0.1, 0.15) is 11.1 Å². The van der Waals surface area contributed by atoms with Crippen LogP contribution in [0.4, 0.5) is 4.39 Å². The highest BCUT2D eigenvalue weighted by Crippen LogP contribution is 2.40. The SMILES string of the molecule is Cc1cc(-c2ccccc2)c(-c2ccc(F)cc2)c(C)c1O. The van der Waals surface area contributed by atoms with Crippen molar-refractivity contribution < 1.29 is 9.50 Å². The van der Waals surface area contributed by atoms with Gasteiger partial charge in [0.2, 0.25) is 0 Å². The highest BCUT2D eigenvalue weighted by molar-refractivity contribution is 5.87. The minimum Gasteiger partial charge on any atom is -0.507 e. The molecule has 3 rings (SSSR count). The van der Waals surface area contributed by atoms with E-state index >= 15 is 0 Å². The lowest BCUT2D eigenvalue weighted by Gasteiger charge is -2.17. The van der Waals surface area contributed by atoms with E-state index in [2.05, 4.69) is 0 Å². The molecule has 0 saturated carbocycles. The molecule has 110 valence electrons. The summed E-state index contributed by atoms with van der Waals surface area (Å²) in [6.07, 6.45) is 0. The smallest absolute Gasteiger partial charge is 0.123 e. The fourth-order valence-corrected chi connectivity index (χ4v) is 2.81. The third-order valence-corrected chi connectivity index (χ3v) is 3.95. The van der Waals surface area contributed by atoms with Gasteiger partial charge < -0.3 is 5.11 Å². The summed E-state index contributed by atoms with van der Waals surface area (Å²) in [6, 6.07) is 18.4. The molecule has 0 aromatic heterocycles. The molecule has 0 bridgehead atoms. The van der Waals surface area contributed by atoms with Crippen molar-refractivity contribution in [3.63, 3.8) is 0 Å². The molecule has 0 spiro atoms. The zero-order valence-corrected chi connectivity index (χ0v) is 12.6. The van der Waals surface area contributed by atoms with Gasteiger partial charge in [-0.3, -0.25) is 0 Å². The maximum atomic E-state index is 13.2. The summed E-state index contributed by atoms with van der Waals surface area (Å²) in [5, 5.41) is 10.3. The van der Waals surface area contributed by atoms with Gasteiger partial charge in [-0.25, -0.2) is 4.39 Å². The summed E-state index contributed by atoms with van der Waals surface area (Å²) in [5.41, 5.74) is 5.60. The molecule has 0 aliphatic heterocycles. The zero-order chi connectivity index (χ0) is 15.7. The van der Waals surface area contributed by atoms with E-state index in [9.17, 15) is 9.50 Å². The lowest BCUT2D eigenvalue weighted by Crippen LogP contribution is -1.93. The second-order valence-corrected chi connectivity index (χ2v) is 5.46. The molecular formula is C20H17FO. The second-order valence-electron chi connectivity index (χ2n) is 5.46. The molecule has 0 heterocycles. The Labute approximate surface area is 129 Å². The van der Waals surface area contributed by atoms with E-state index in [0.29, 0.717) is 5.75 Å². The Morgan fingerprint density at radius 2 is 1.45 bits per heavy atom. The molecule has 0 aliphatic rings. The van der Waals surface area contributed by atoms with Crippen LogP contribution in [0, 0.1) is 19.7 Å². The van der Waals surface area contributed by atoms with Gasteiger partial charge in [0, 0.05) is 0 Å². The molecule has 22 heavy (non-hydrogen) atoms. The fourth-order valence-electron chi connectivity index (χ4n) is 2.81. The number of hydrogen-bond donors (Lipinski definition) is 1. The van der Waals surface area contributed by atoms with Gasteiger partial charge in [0.05, 0.1) is 0 Å². The first-order valence-corrected chi connectivity index (χ1v) is 7.22. The van der Waals surface area contributed by atoms with Gasteiger partial charge in [-0.05, 0) is 65.4 Å². The van der Waals surface area contributed by atoms with E-state index < -0.39 is 0 Å². The van der Waals surface area contributed by atoms with Gasteiger partial charge in [0.25, 0.3) is 0 Å². The Hall–Kier alpha value is -2.61. The van der Waals surface area contributed by atoms with Gasteiger partial charge in [0.1, 0.15) is 11.6 Å². The van der Waals surface area contributed by atoms with Crippen molar-refractivity contribution in [2.45, 2.75) is 13.8 Å². The van der Waals surface area contributed by atoms with Crippen molar-refractivity contribution >= 4 is 0 Å². The van der Waals surface area contributed by atoms with Crippen LogP contribution in [-0.4, -0.2) is 5.11 Å². The molecule has 1 nitrogen and oxygen atoms in total. The molecule has 0 unspecified atom stereocenters. The van der Waals surface area contributed by atoms with Crippen LogP contribution in [0.15, 0.2) is 60.7 Å². The maximum Gasteiger partial charge on any atom is 0.123 e. The summed E-state index contributed by atoms with van der Waals surface area (Å²) in [7, 11) is 0.